The highest BCUT2D eigenvalue weighted by molar-refractivity contribution is 7.92. The first-order chi connectivity index (χ1) is 13.7. The topological polar surface area (TPSA) is 111 Å². The SMILES string of the molecule is COc1ccc(NC(=O)C[C@H](C)S(=O)(=O)c2ccc3c(c2)NC(=O)CO3)cc1Cl. The van der Waals surface area contributed by atoms with E-state index in [1.807, 2.05) is 0 Å². The summed E-state index contributed by atoms with van der Waals surface area (Å²) < 4.78 is 36.0. The van der Waals surface area contributed by atoms with Gasteiger partial charge in [0.15, 0.2) is 16.4 Å². The molecule has 2 amide bonds. The third kappa shape index (κ3) is 4.63. The van der Waals surface area contributed by atoms with E-state index in [2.05, 4.69) is 10.6 Å². The largest absolute Gasteiger partial charge is 0.495 e. The maximum absolute atomic E-state index is 12.9. The van der Waals surface area contributed by atoms with E-state index in [1.54, 1.807) is 12.1 Å². The Morgan fingerprint density at radius 1 is 1.31 bits per heavy atom. The molecule has 8 nitrogen and oxygen atoms in total. The van der Waals surface area contributed by atoms with Crippen molar-refractivity contribution in [1.82, 2.24) is 0 Å². The van der Waals surface area contributed by atoms with E-state index in [4.69, 9.17) is 21.1 Å². The van der Waals surface area contributed by atoms with Crippen molar-refractivity contribution in [3.8, 4) is 11.5 Å². The summed E-state index contributed by atoms with van der Waals surface area (Å²) in [5.74, 6) is 0.0175. The van der Waals surface area contributed by atoms with Crippen molar-refractivity contribution in [2.24, 2.45) is 0 Å². The van der Waals surface area contributed by atoms with Crippen LogP contribution in [0.5, 0.6) is 11.5 Å². The van der Waals surface area contributed by atoms with Crippen molar-refractivity contribution in [2.75, 3.05) is 24.4 Å². The van der Waals surface area contributed by atoms with Crippen LogP contribution in [0.25, 0.3) is 0 Å². The van der Waals surface area contributed by atoms with Gasteiger partial charge in [-0.3, -0.25) is 9.59 Å². The van der Waals surface area contributed by atoms with E-state index in [0.717, 1.165) is 0 Å². The Morgan fingerprint density at radius 2 is 2.07 bits per heavy atom. The van der Waals surface area contributed by atoms with Gasteiger partial charge >= 0.3 is 0 Å². The molecule has 1 aliphatic heterocycles. The normalized spacial score (nSPS) is 14.2. The van der Waals surface area contributed by atoms with Crippen molar-refractivity contribution in [3.05, 3.63) is 41.4 Å². The molecule has 2 aromatic rings. The van der Waals surface area contributed by atoms with E-state index in [0.29, 0.717) is 22.2 Å². The Bertz CT molecular complexity index is 1070. The molecule has 0 aliphatic carbocycles. The van der Waals surface area contributed by atoms with Crippen LogP contribution in [0.15, 0.2) is 41.3 Å². The van der Waals surface area contributed by atoms with Gasteiger partial charge in [-0.05, 0) is 43.3 Å². The number of methoxy groups -OCH3 is 1. The summed E-state index contributed by atoms with van der Waals surface area (Å²) in [6, 6.07) is 8.93. The van der Waals surface area contributed by atoms with Gasteiger partial charge < -0.3 is 20.1 Å². The number of nitrogens with one attached hydrogen (secondary N) is 2. The van der Waals surface area contributed by atoms with Crippen LogP contribution in [0.4, 0.5) is 11.4 Å². The number of sulfone groups is 1. The zero-order valence-corrected chi connectivity index (χ0v) is 17.3. The van der Waals surface area contributed by atoms with Gasteiger partial charge in [-0.2, -0.15) is 0 Å². The minimum Gasteiger partial charge on any atom is -0.495 e. The lowest BCUT2D eigenvalue weighted by atomic mass is 10.2. The van der Waals surface area contributed by atoms with E-state index < -0.39 is 21.0 Å². The molecule has 1 aliphatic rings. The molecule has 0 saturated heterocycles. The predicted octanol–water partition coefficient (Wildman–Crippen LogP) is 2.87. The Kier molecular flexibility index (Phi) is 5.99. The molecule has 0 radical (unpaired) electrons. The molecule has 0 spiro atoms. The van der Waals surface area contributed by atoms with E-state index in [9.17, 15) is 18.0 Å². The summed E-state index contributed by atoms with van der Waals surface area (Å²) in [5, 5.41) is 4.53. The molecule has 2 aromatic carbocycles. The van der Waals surface area contributed by atoms with Gasteiger partial charge in [0.25, 0.3) is 5.91 Å². The third-order valence-corrected chi connectivity index (χ3v) is 6.78. The summed E-state index contributed by atoms with van der Waals surface area (Å²) >= 11 is 6.03. The van der Waals surface area contributed by atoms with Crippen molar-refractivity contribution in [1.29, 1.82) is 0 Å². The molecule has 3 rings (SSSR count). The van der Waals surface area contributed by atoms with Gasteiger partial charge in [-0.1, -0.05) is 11.6 Å². The number of ether oxygens (including phenoxy) is 2. The van der Waals surface area contributed by atoms with Crippen LogP contribution in [0, 0.1) is 0 Å². The minimum absolute atomic E-state index is 0.00478. The van der Waals surface area contributed by atoms with Crippen molar-refractivity contribution in [3.63, 3.8) is 0 Å². The van der Waals surface area contributed by atoms with E-state index >= 15 is 0 Å². The highest BCUT2D eigenvalue weighted by atomic mass is 35.5. The zero-order valence-electron chi connectivity index (χ0n) is 15.7. The minimum atomic E-state index is -3.81. The third-order valence-electron chi connectivity index (χ3n) is 4.35. The maximum Gasteiger partial charge on any atom is 0.262 e. The number of hydrogen-bond donors (Lipinski definition) is 2. The Hall–Kier alpha value is -2.78. The van der Waals surface area contributed by atoms with Crippen molar-refractivity contribution >= 4 is 44.6 Å². The second kappa shape index (κ2) is 8.30. The van der Waals surface area contributed by atoms with Crippen LogP contribution in [0.1, 0.15) is 13.3 Å². The molecule has 10 heteroatoms. The highest BCUT2D eigenvalue weighted by Crippen LogP contribution is 2.32. The number of carbonyl (C=O) groups excluding carboxylic acids is 2. The van der Waals surface area contributed by atoms with Gasteiger partial charge in [0.05, 0.1) is 28.0 Å². The average Bonchev–Trinajstić information content (AvgIpc) is 2.67. The fourth-order valence-corrected chi connectivity index (χ4v) is 4.43. The van der Waals surface area contributed by atoms with Crippen LogP contribution in [-0.4, -0.2) is 39.2 Å². The van der Waals surface area contributed by atoms with E-state index in [-0.39, 0.29) is 29.5 Å². The zero-order chi connectivity index (χ0) is 21.2. The van der Waals surface area contributed by atoms with Crippen LogP contribution < -0.4 is 20.1 Å². The predicted molar refractivity (Wildman–Crippen MR) is 108 cm³/mol. The standard InChI is InChI=1S/C19H19ClN2O6S/c1-11(7-18(23)21-12-3-5-16(27-2)14(20)8-12)29(25,26)13-4-6-17-15(9-13)22-19(24)10-28-17/h3-6,8-9,11H,7,10H2,1-2H3,(H,21,23)(H,22,24)/t11-/m0/s1. The Morgan fingerprint density at radius 3 is 2.76 bits per heavy atom. The molecule has 0 bridgehead atoms. The van der Waals surface area contributed by atoms with Crippen LogP contribution in [0.2, 0.25) is 5.02 Å². The molecular weight excluding hydrogens is 420 g/mol. The molecule has 1 atom stereocenters. The van der Waals surface area contributed by atoms with E-state index in [1.165, 1.54) is 38.3 Å². The first-order valence-electron chi connectivity index (χ1n) is 8.64. The summed E-state index contributed by atoms with van der Waals surface area (Å²) in [6.45, 7) is 1.33. The lowest BCUT2D eigenvalue weighted by Crippen LogP contribution is -2.27. The summed E-state index contributed by atoms with van der Waals surface area (Å²) in [7, 11) is -2.33. The second-order valence-electron chi connectivity index (χ2n) is 6.45. The molecule has 0 unspecified atom stereocenters. The molecule has 0 aromatic heterocycles. The number of fused-ring (bicyclic) bond motifs is 1. The highest BCUT2D eigenvalue weighted by Gasteiger charge is 2.28. The number of benzene rings is 2. The van der Waals surface area contributed by atoms with Gasteiger partial charge in [-0.25, -0.2) is 8.42 Å². The van der Waals surface area contributed by atoms with Crippen molar-refractivity contribution < 1.29 is 27.5 Å². The molecule has 2 N–H and O–H groups in total. The first kappa shape index (κ1) is 20.9. The average molecular weight is 439 g/mol. The maximum atomic E-state index is 12.9. The van der Waals surface area contributed by atoms with Crippen LogP contribution >= 0.6 is 11.6 Å². The molecule has 0 saturated carbocycles. The van der Waals surface area contributed by atoms with Crippen molar-refractivity contribution in [2.45, 2.75) is 23.5 Å². The molecule has 29 heavy (non-hydrogen) atoms. The number of halogens is 1. The summed E-state index contributed by atoms with van der Waals surface area (Å²) in [5.41, 5.74) is 0.714. The van der Waals surface area contributed by atoms with Gasteiger partial charge in [-0.15, -0.1) is 0 Å². The Balaban J connectivity index is 1.71. The number of amides is 2. The smallest absolute Gasteiger partial charge is 0.262 e. The van der Waals surface area contributed by atoms with Crippen LogP contribution in [-0.2, 0) is 19.4 Å². The number of anilines is 2. The van der Waals surface area contributed by atoms with Gasteiger partial charge in [0.1, 0.15) is 11.5 Å². The second-order valence-corrected chi connectivity index (χ2v) is 9.23. The van der Waals surface area contributed by atoms with Gasteiger partial charge in [0, 0.05) is 12.1 Å². The quantitative estimate of drug-likeness (QED) is 0.717. The number of hydrogen-bond acceptors (Lipinski definition) is 6. The fourth-order valence-electron chi connectivity index (χ4n) is 2.80. The monoisotopic (exact) mass is 438 g/mol. The van der Waals surface area contributed by atoms with Gasteiger partial charge in [0.2, 0.25) is 5.91 Å². The lowest BCUT2D eigenvalue weighted by Gasteiger charge is -2.19. The first-order valence-corrected chi connectivity index (χ1v) is 10.6. The fraction of sp³-hybridized carbons (Fsp3) is 0.263. The Labute approximate surface area is 173 Å². The molecule has 154 valence electrons. The summed E-state index contributed by atoms with van der Waals surface area (Å²) in [6.07, 6.45) is -0.258. The molecule has 0 fully saturated rings. The molecule has 1 heterocycles. The summed E-state index contributed by atoms with van der Waals surface area (Å²) in [4.78, 5) is 23.8. The van der Waals surface area contributed by atoms with Crippen LogP contribution in [0.3, 0.4) is 0 Å². The molecular formula is C19H19ClN2O6S. The number of carbonyl (C=O) groups is 2. The lowest BCUT2D eigenvalue weighted by molar-refractivity contribution is -0.118. The number of rotatable bonds is 6.